The van der Waals surface area contributed by atoms with Gasteiger partial charge in [0, 0.05) is 24.7 Å². The Hall–Kier alpha value is -1.71. The predicted octanol–water partition coefficient (Wildman–Crippen LogP) is 1.13. The van der Waals surface area contributed by atoms with Gasteiger partial charge in [0.05, 0.1) is 4.92 Å². The van der Waals surface area contributed by atoms with E-state index in [2.05, 4.69) is 0 Å². The summed E-state index contributed by atoms with van der Waals surface area (Å²) >= 11 is 5.70. The van der Waals surface area contributed by atoms with Gasteiger partial charge in [-0.3, -0.25) is 14.9 Å². The molecule has 0 aliphatic carbocycles. The summed E-state index contributed by atoms with van der Waals surface area (Å²) in [5.74, 6) is -0.475. The molecule has 1 aliphatic heterocycles. The number of nitrogens with zero attached hydrogens (tertiary/aromatic N) is 2. The number of primary sulfonamides is 1. The van der Waals surface area contributed by atoms with Gasteiger partial charge < -0.3 is 4.90 Å². The third-order valence-corrected chi connectivity index (χ3v) is 4.61. The second kappa shape index (κ2) is 5.58. The number of nitro groups is 1. The summed E-state index contributed by atoms with van der Waals surface area (Å²) in [6.07, 6.45) is 1.67. The van der Waals surface area contributed by atoms with Gasteiger partial charge in [-0.1, -0.05) is 11.6 Å². The normalized spacial score (nSPS) is 15.2. The summed E-state index contributed by atoms with van der Waals surface area (Å²) in [6.45, 7) is 1.06. The number of nitrogens with two attached hydrogens (primary N) is 1. The molecule has 0 atom stereocenters. The van der Waals surface area contributed by atoms with E-state index in [1.54, 1.807) is 0 Å². The molecule has 1 heterocycles. The van der Waals surface area contributed by atoms with E-state index < -0.39 is 36.5 Å². The van der Waals surface area contributed by atoms with Gasteiger partial charge in [0.15, 0.2) is 0 Å². The van der Waals surface area contributed by atoms with Crippen LogP contribution in [0, 0.1) is 10.1 Å². The van der Waals surface area contributed by atoms with Gasteiger partial charge in [0.2, 0.25) is 10.0 Å². The second-order valence-electron chi connectivity index (χ2n) is 4.61. The summed E-state index contributed by atoms with van der Waals surface area (Å²) in [6, 6.07) is 1.95. The van der Waals surface area contributed by atoms with Crippen LogP contribution in [0.1, 0.15) is 23.2 Å². The molecule has 1 aliphatic rings. The molecule has 21 heavy (non-hydrogen) atoms. The zero-order valence-electron chi connectivity index (χ0n) is 10.8. The lowest BCUT2D eigenvalue weighted by Gasteiger charge is -2.15. The van der Waals surface area contributed by atoms with Crippen molar-refractivity contribution in [1.82, 2.24) is 4.90 Å². The highest BCUT2D eigenvalue weighted by Crippen LogP contribution is 2.32. The van der Waals surface area contributed by atoms with Gasteiger partial charge in [0.1, 0.15) is 9.92 Å². The van der Waals surface area contributed by atoms with Crippen molar-refractivity contribution in [3.05, 3.63) is 32.8 Å². The Kier molecular flexibility index (Phi) is 4.17. The zero-order chi connectivity index (χ0) is 15.8. The molecule has 2 rings (SSSR count). The predicted molar refractivity (Wildman–Crippen MR) is 74.6 cm³/mol. The Balaban J connectivity index is 2.59. The molecule has 1 aromatic rings. The minimum absolute atomic E-state index is 0.114. The molecule has 1 saturated heterocycles. The number of nitro benzene ring substituents is 1. The van der Waals surface area contributed by atoms with E-state index in [1.807, 2.05) is 0 Å². The van der Waals surface area contributed by atoms with Gasteiger partial charge in [-0.25, -0.2) is 13.6 Å². The fraction of sp³-hybridized carbons (Fsp3) is 0.364. The second-order valence-corrected chi connectivity index (χ2v) is 6.52. The van der Waals surface area contributed by atoms with E-state index in [1.165, 1.54) is 4.90 Å². The fourth-order valence-electron chi connectivity index (χ4n) is 2.15. The van der Waals surface area contributed by atoms with E-state index in [9.17, 15) is 23.3 Å². The smallest absolute Gasteiger partial charge is 0.290 e. The number of sulfonamides is 1. The van der Waals surface area contributed by atoms with E-state index in [0.717, 1.165) is 25.0 Å². The maximum atomic E-state index is 12.2. The van der Waals surface area contributed by atoms with Crippen molar-refractivity contribution in [2.45, 2.75) is 17.7 Å². The van der Waals surface area contributed by atoms with Crippen LogP contribution >= 0.6 is 11.6 Å². The Bertz CT molecular complexity index is 713. The first-order valence-corrected chi connectivity index (χ1v) is 7.94. The van der Waals surface area contributed by atoms with Crippen LogP contribution in [0.25, 0.3) is 0 Å². The summed E-state index contributed by atoms with van der Waals surface area (Å²) in [4.78, 5) is 23.2. The molecule has 1 amide bonds. The summed E-state index contributed by atoms with van der Waals surface area (Å²) < 4.78 is 22.9. The van der Waals surface area contributed by atoms with Crippen LogP contribution in [0.2, 0.25) is 5.02 Å². The van der Waals surface area contributed by atoms with Gasteiger partial charge in [-0.05, 0) is 18.9 Å². The molecule has 0 bridgehead atoms. The van der Waals surface area contributed by atoms with Gasteiger partial charge in [-0.2, -0.15) is 0 Å². The van der Waals surface area contributed by atoms with Crippen molar-refractivity contribution in [1.29, 1.82) is 0 Å². The molecule has 0 radical (unpaired) electrons. The highest BCUT2D eigenvalue weighted by Gasteiger charge is 2.28. The lowest BCUT2D eigenvalue weighted by Crippen LogP contribution is -2.28. The zero-order valence-corrected chi connectivity index (χ0v) is 12.4. The Morgan fingerprint density at radius 2 is 1.90 bits per heavy atom. The average molecular weight is 334 g/mol. The van der Waals surface area contributed by atoms with Crippen molar-refractivity contribution in [3.8, 4) is 0 Å². The molecule has 8 nitrogen and oxygen atoms in total. The van der Waals surface area contributed by atoms with E-state index in [-0.39, 0.29) is 5.56 Å². The molecular formula is C11H12ClN3O5S. The van der Waals surface area contributed by atoms with E-state index >= 15 is 0 Å². The number of benzene rings is 1. The number of rotatable bonds is 3. The van der Waals surface area contributed by atoms with Crippen LogP contribution < -0.4 is 5.14 Å². The lowest BCUT2D eigenvalue weighted by atomic mass is 10.1. The Morgan fingerprint density at radius 1 is 1.33 bits per heavy atom. The maximum Gasteiger partial charge on any atom is 0.290 e. The largest absolute Gasteiger partial charge is 0.339 e. The molecule has 1 aromatic carbocycles. The van der Waals surface area contributed by atoms with Crippen LogP contribution in [0.15, 0.2) is 17.0 Å². The molecule has 0 spiro atoms. The molecular weight excluding hydrogens is 322 g/mol. The van der Waals surface area contributed by atoms with Crippen molar-refractivity contribution >= 4 is 33.2 Å². The van der Waals surface area contributed by atoms with E-state index in [0.29, 0.717) is 13.1 Å². The SMILES string of the molecule is NS(=O)(=O)c1cc(C(=O)N2CCCC2)cc([N+](=O)[O-])c1Cl. The van der Waals surface area contributed by atoms with Crippen LogP contribution in [-0.4, -0.2) is 37.2 Å². The minimum atomic E-state index is -4.28. The minimum Gasteiger partial charge on any atom is -0.339 e. The summed E-state index contributed by atoms with van der Waals surface area (Å²) in [5, 5.41) is 15.4. The van der Waals surface area contributed by atoms with Gasteiger partial charge >= 0.3 is 0 Å². The third-order valence-electron chi connectivity index (χ3n) is 3.16. The first-order chi connectivity index (χ1) is 9.71. The molecule has 10 heteroatoms. The highest BCUT2D eigenvalue weighted by molar-refractivity contribution is 7.89. The van der Waals surface area contributed by atoms with Gasteiger partial charge in [0.25, 0.3) is 11.6 Å². The average Bonchev–Trinajstić information content (AvgIpc) is 2.90. The molecule has 2 N–H and O–H groups in total. The quantitative estimate of drug-likeness (QED) is 0.656. The number of likely N-dealkylation sites (tertiary alicyclic amines) is 1. The highest BCUT2D eigenvalue weighted by atomic mass is 35.5. The van der Waals surface area contributed by atoms with E-state index in [4.69, 9.17) is 16.7 Å². The monoisotopic (exact) mass is 333 g/mol. The first-order valence-electron chi connectivity index (χ1n) is 6.02. The van der Waals surface area contributed by atoms with Crippen LogP contribution in [0.4, 0.5) is 5.69 Å². The maximum absolute atomic E-state index is 12.2. The van der Waals surface area contributed by atoms with Crippen LogP contribution in [-0.2, 0) is 10.0 Å². The topological polar surface area (TPSA) is 124 Å². The number of hydrogen-bond donors (Lipinski definition) is 1. The number of carbonyl (C=O) groups is 1. The number of carbonyl (C=O) groups excluding carboxylic acids is 1. The van der Waals surface area contributed by atoms with Crippen molar-refractivity contribution < 1.29 is 18.1 Å². The van der Waals surface area contributed by atoms with Crippen molar-refractivity contribution in [2.24, 2.45) is 5.14 Å². The summed E-state index contributed by atoms with van der Waals surface area (Å²) in [5.41, 5.74) is -0.775. The number of halogens is 1. The van der Waals surface area contributed by atoms with Crippen LogP contribution in [0.3, 0.4) is 0 Å². The molecule has 1 fully saturated rings. The Morgan fingerprint density at radius 3 is 2.38 bits per heavy atom. The standard InChI is InChI=1S/C11H12ClN3O5S/c12-10-8(15(17)18)5-7(6-9(10)21(13,19)20)11(16)14-3-1-2-4-14/h5-6H,1-4H2,(H2,13,19,20). The molecule has 0 aromatic heterocycles. The Labute approximate surface area is 125 Å². The number of amides is 1. The molecule has 0 unspecified atom stereocenters. The van der Waals surface area contributed by atoms with Crippen molar-refractivity contribution in [2.75, 3.05) is 13.1 Å². The summed E-state index contributed by atoms with van der Waals surface area (Å²) in [7, 11) is -4.28. The van der Waals surface area contributed by atoms with Crippen LogP contribution in [0.5, 0.6) is 0 Å². The lowest BCUT2D eigenvalue weighted by molar-refractivity contribution is -0.384. The third kappa shape index (κ3) is 3.14. The molecule has 114 valence electrons. The van der Waals surface area contributed by atoms with Gasteiger partial charge in [-0.15, -0.1) is 0 Å². The van der Waals surface area contributed by atoms with Crippen molar-refractivity contribution in [3.63, 3.8) is 0 Å². The molecule has 0 saturated carbocycles. The fourth-order valence-corrected chi connectivity index (χ4v) is 3.30. The number of hydrogen-bond acceptors (Lipinski definition) is 5. The first kappa shape index (κ1) is 15.7.